The Kier molecular flexibility index (Phi) is 4.89. The van der Waals surface area contributed by atoms with E-state index in [1.165, 1.54) is 5.56 Å². The molecular formula is C17H21O3SSi. The van der Waals surface area contributed by atoms with Gasteiger partial charge in [-0.1, -0.05) is 43.4 Å². The summed E-state index contributed by atoms with van der Waals surface area (Å²) in [6.45, 7) is 7.96. The third kappa shape index (κ3) is 3.48. The van der Waals surface area contributed by atoms with Crippen LogP contribution in [0.1, 0.15) is 22.3 Å². The zero-order valence-corrected chi connectivity index (χ0v) is 15.2. The van der Waals surface area contributed by atoms with Crippen molar-refractivity contribution in [3.05, 3.63) is 58.7 Å². The van der Waals surface area contributed by atoms with Crippen molar-refractivity contribution in [2.24, 2.45) is 0 Å². The van der Waals surface area contributed by atoms with E-state index in [1.807, 2.05) is 45.1 Å². The molecule has 2 rings (SSSR count). The van der Waals surface area contributed by atoms with Gasteiger partial charge in [0.2, 0.25) is 0 Å². The van der Waals surface area contributed by atoms with Gasteiger partial charge < -0.3 is 0 Å². The highest BCUT2D eigenvalue weighted by molar-refractivity contribution is 7.86. The molecule has 1 radical (unpaired) electrons. The van der Waals surface area contributed by atoms with E-state index >= 15 is 0 Å². The topological polar surface area (TPSA) is 54.4 Å². The lowest BCUT2D eigenvalue weighted by molar-refractivity contribution is 0.483. The van der Waals surface area contributed by atoms with Crippen LogP contribution in [0.2, 0.25) is 13.1 Å². The van der Waals surface area contributed by atoms with E-state index in [9.17, 15) is 13.0 Å². The van der Waals surface area contributed by atoms with E-state index in [1.54, 1.807) is 6.07 Å². The Balaban J connectivity index is 2.65. The molecule has 0 saturated heterocycles. The number of hydrogen-bond acceptors (Lipinski definition) is 2. The molecule has 0 amide bonds. The van der Waals surface area contributed by atoms with E-state index in [0.29, 0.717) is 0 Å². The third-order valence-corrected chi connectivity index (χ3v) is 6.60. The molecule has 2 aromatic rings. The van der Waals surface area contributed by atoms with Crippen LogP contribution < -0.4 is 5.19 Å². The molecule has 0 saturated carbocycles. The van der Waals surface area contributed by atoms with Gasteiger partial charge in [0.15, 0.2) is 0 Å². The van der Waals surface area contributed by atoms with Crippen molar-refractivity contribution in [2.75, 3.05) is 0 Å². The van der Waals surface area contributed by atoms with Crippen molar-refractivity contribution in [1.29, 1.82) is 0 Å². The predicted molar refractivity (Wildman–Crippen MR) is 92.1 cm³/mol. The fourth-order valence-corrected chi connectivity index (χ4v) is 6.09. The average Bonchev–Trinajstić information content (AvgIpc) is 2.42. The van der Waals surface area contributed by atoms with Crippen molar-refractivity contribution < 1.29 is 13.0 Å². The van der Waals surface area contributed by atoms with Gasteiger partial charge in [-0.2, -0.15) is 8.42 Å². The molecule has 0 aliphatic heterocycles. The second-order valence-electron chi connectivity index (χ2n) is 5.81. The van der Waals surface area contributed by atoms with Gasteiger partial charge in [-0.25, -0.2) is 0 Å². The minimum absolute atomic E-state index is 0.0817. The van der Waals surface area contributed by atoms with Gasteiger partial charge in [-0.05, 0) is 53.8 Å². The summed E-state index contributed by atoms with van der Waals surface area (Å²) in [5, 5.41) is 0.809. The Bertz CT molecular complexity index is 781. The Labute approximate surface area is 134 Å². The normalized spacial score (nSPS) is 11.9. The maximum Gasteiger partial charge on any atom is 0.294 e. The smallest absolute Gasteiger partial charge is 0.282 e. The van der Waals surface area contributed by atoms with Gasteiger partial charge in [0, 0.05) is 0 Å². The molecule has 0 aliphatic rings. The molecule has 0 atom stereocenters. The first-order valence-corrected chi connectivity index (χ1v) is 11.1. The molecular weight excluding hydrogens is 312 g/mol. The van der Waals surface area contributed by atoms with E-state index in [2.05, 4.69) is 12.1 Å². The van der Waals surface area contributed by atoms with Gasteiger partial charge in [0.1, 0.15) is 0 Å². The van der Waals surface area contributed by atoms with Crippen LogP contribution in [0.4, 0.5) is 0 Å². The standard InChI is InChI=1S/C17H21O3SSi/c1-12-10-16(21(18,19)20)17(22(3)4)13(2)15(12)11-14-8-6-5-7-9-14/h5-10H,11H2,1-4H3,(H,18,19,20). The number of rotatable bonds is 4. The SMILES string of the molecule is Cc1cc(S(=O)(=O)O)c([Si](C)C)c(C)c1Cc1ccccc1. The summed E-state index contributed by atoms with van der Waals surface area (Å²) in [7, 11) is -5.21. The Morgan fingerprint density at radius 1 is 1.09 bits per heavy atom. The molecule has 0 bridgehead atoms. The first-order valence-electron chi connectivity index (χ1n) is 7.17. The van der Waals surface area contributed by atoms with Crippen LogP contribution in [0.15, 0.2) is 41.3 Å². The van der Waals surface area contributed by atoms with E-state index in [0.717, 1.165) is 28.3 Å². The fraction of sp³-hybridized carbons (Fsp3) is 0.294. The highest BCUT2D eigenvalue weighted by Crippen LogP contribution is 2.22. The first kappa shape index (κ1) is 16.9. The van der Waals surface area contributed by atoms with Gasteiger partial charge >= 0.3 is 0 Å². The monoisotopic (exact) mass is 333 g/mol. The van der Waals surface area contributed by atoms with Gasteiger partial charge in [-0.3, -0.25) is 4.55 Å². The average molecular weight is 334 g/mol. The third-order valence-electron chi connectivity index (χ3n) is 3.90. The summed E-state index contributed by atoms with van der Waals surface area (Å²) in [4.78, 5) is 0.0817. The van der Waals surface area contributed by atoms with Crippen LogP contribution >= 0.6 is 0 Å². The number of aryl methyl sites for hydroxylation is 1. The van der Waals surface area contributed by atoms with Crippen molar-refractivity contribution in [2.45, 2.75) is 38.3 Å². The largest absolute Gasteiger partial charge is 0.294 e. The van der Waals surface area contributed by atoms with Crippen LogP contribution in [-0.2, 0) is 16.5 Å². The molecule has 0 fully saturated rings. The molecule has 2 aromatic carbocycles. The molecule has 3 nitrogen and oxygen atoms in total. The summed E-state index contributed by atoms with van der Waals surface area (Å²) in [5.74, 6) is 0. The Morgan fingerprint density at radius 2 is 1.68 bits per heavy atom. The van der Waals surface area contributed by atoms with Gasteiger partial charge in [0.05, 0.1) is 13.7 Å². The van der Waals surface area contributed by atoms with Gasteiger partial charge in [0.25, 0.3) is 10.1 Å². The minimum Gasteiger partial charge on any atom is -0.282 e. The summed E-state index contributed by atoms with van der Waals surface area (Å²) in [6, 6.07) is 11.7. The van der Waals surface area contributed by atoms with Crippen LogP contribution in [-0.4, -0.2) is 21.8 Å². The molecule has 1 N–H and O–H groups in total. The minimum atomic E-state index is -4.19. The van der Waals surface area contributed by atoms with Crippen LogP contribution in [0.5, 0.6) is 0 Å². The molecule has 0 heterocycles. The van der Waals surface area contributed by atoms with Crippen molar-refractivity contribution in [3.8, 4) is 0 Å². The second kappa shape index (κ2) is 6.36. The zero-order valence-electron chi connectivity index (χ0n) is 13.3. The molecule has 117 valence electrons. The quantitative estimate of drug-likeness (QED) is 0.691. The second-order valence-corrected chi connectivity index (χ2v) is 9.70. The zero-order chi connectivity index (χ0) is 16.5. The van der Waals surface area contributed by atoms with E-state index in [-0.39, 0.29) is 4.90 Å². The van der Waals surface area contributed by atoms with Gasteiger partial charge in [-0.15, -0.1) is 0 Å². The molecule has 0 unspecified atom stereocenters. The molecule has 22 heavy (non-hydrogen) atoms. The summed E-state index contributed by atoms with van der Waals surface area (Å²) in [5.41, 5.74) is 4.25. The van der Waals surface area contributed by atoms with E-state index in [4.69, 9.17) is 0 Å². The predicted octanol–water partition coefficient (Wildman–Crippen LogP) is 3.10. The highest BCUT2D eigenvalue weighted by Gasteiger charge is 2.23. The highest BCUT2D eigenvalue weighted by atomic mass is 32.2. The summed E-state index contributed by atoms with van der Waals surface area (Å²) >= 11 is 0. The maximum atomic E-state index is 11.7. The summed E-state index contributed by atoms with van der Waals surface area (Å²) < 4.78 is 32.9. The van der Waals surface area contributed by atoms with Crippen molar-refractivity contribution in [3.63, 3.8) is 0 Å². The van der Waals surface area contributed by atoms with Crippen molar-refractivity contribution >= 4 is 24.1 Å². The Morgan fingerprint density at radius 3 is 2.18 bits per heavy atom. The number of hydrogen-bond donors (Lipinski definition) is 1. The van der Waals surface area contributed by atoms with Crippen LogP contribution in [0.3, 0.4) is 0 Å². The molecule has 0 aliphatic carbocycles. The van der Waals surface area contributed by atoms with Crippen molar-refractivity contribution in [1.82, 2.24) is 0 Å². The lowest BCUT2D eigenvalue weighted by atomic mass is 9.96. The van der Waals surface area contributed by atoms with Crippen LogP contribution in [0.25, 0.3) is 0 Å². The van der Waals surface area contributed by atoms with E-state index < -0.39 is 18.9 Å². The Hall–Kier alpha value is -1.43. The van der Waals surface area contributed by atoms with Crippen LogP contribution in [0, 0.1) is 13.8 Å². The number of benzene rings is 2. The lowest BCUT2D eigenvalue weighted by Gasteiger charge is -2.19. The lowest BCUT2D eigenvalue weighted by Crippen LogP contribution is -2.32. The summed E-state index contributed by atoms with van der Waals surface area (Å²) in [6.07, 6.45) is 0.770. The molecule has 0 spiro atoms. The first-order chi connectivity index (χ1) is 10.2. The fourth-order valence-electron chi connectivity index (χ4n) is 2.88. The molecule has 0 aromatic heterocycles. The molecule has 5 heteroatoms. The maximum absolute atomic E-state index is 11.7.